The summed E-state index contributed by atoms with van der Waals surface area (Å²) in [5.74, 6) is 0.864. The second kappa shape index (κ2) is 6.31. The van der Waals surface area contributed by atoms with E-state index >= 15 is 0 Å². The topological polar surface area (TPSA) is 9.23 Å². The standard InChI is InChI=1S/C5H11OS/c1-6-4-2-3-5-7/h2-5H2,1H3. The van der Waals surface area contributed by atoms with E-state index in [0.29, 0.717) is 0 Å². The van der Waals surface area contributed by atoms with E-state index < -0.39 is 0 Å². The molecule has 0 bridgehead atoms. The molecule has 0 rings (SSSR count). The van der Waals surface area contributed by atoms with Crippen molar-refractivity contribution in [2.75, 3.05) is 19.5 Å². The van der Waals surface area contributed by atoms with Gasteiger partial charge in [0, 0.05) is 19.5 Å². The first kappa shape index (κ1) is 7.31. The molecule has 0 aliphatic carbocycles. The molecule has 1 nitrogen and oxygen atoms in total. The average Bonchev–Trinajstić information content (AvgIpc) is 1.69. The van der Waals surface area contributed by atoms with Crippen LogP contribution in [-0.4, -0.2) is 19.5 Å². The van der Waals surface area contributed by atoms with Crippen molar-refractivity contribution >= 4 is 12.6 Å². The zero-order chi connectivity index (χ0) is 5.54. The molecule has 0 amide bonds. The second-order valence-electron chi connectivity index (χ2n) is 1.40. The van der Waals surface area contributed by atoms with E-state index in [-0.39, 0.29) is 0 Å². The molecule has 0 N–H and O–H groups in total. The van der Waals surface area contributed by atoms with Crippen molar-refractivity contribution in [3.05, 3.63) is 0 Å². The summed E-state index contributed by atoms with van der Waals surface area (Å²) in [6.07, 6.45) is 2.23. The molecule has 43 valence electrons. The number of methoxy groups -OCH3 is 1. The first-order valence-electron chi connectivity index (χ1n) is 2.49. The van der Waals surface area contributed by atoms with Crippen molar-refractivity contribution in [3.63, 3.8) is 0 Å². The van der Waals surface area contributed by atoms with Gasteiger partial charge in [-0.05, 0) is 12.8 Å². The molecule has 0 aliphatic heterocycles. The van der Waals surface area contributed by atoms with Crippen LogP contribution < -0.4 is 0 Å². The van der Waals surface area contributed by atoms with Gasteiger partial charge in [-0.15, -0.1) is 0 Å². The van der Waals surface area contributed by atoms with Gasteiger partial charge in [-0.3, -0.25) is 0 Å². The summed E-state index contributed by atoms with van der Waals surface area (Å²) in [6, 6.07) is 0. The Labute approximate surface area is 50.5 Å². The third-order valence-electron chi connectivity index (χ3n) is 0.743. The highest BCUT2D eigenvalue weighted by Crippen LogP contribution is 1.89. The van der Waals surface area contributed by atoms with Crippen LogP contribution >= 0.6 is 12.6 Å². The van der Waals surface area contributed by atoms with Crippen LogP contribution in [0.4, 0.5) is 0 Å². The van der Waals surface area contributed by atoms with Crippen LogP contribution in [0.25, 0.3) is 0 Å². The van der Waals surface area contributed by atoms with Gasteiger partial charge >= 0.3 is 0 Å². The average molecular weight is 119 g/mol. The first-order chi connectivity index (χ1) is 3.41. The van der Waals surface area contributed by atoms with E-state index in [2.05, 4.69) is 0 Å². The SMILES string of the molecule is COCCCC[S]. The minimum Gasteiger partial charge on any atom is -0.385 e. The van der Waals surface area contributed by atoms with Crippen molar-refractivity contribution in [1.82, 2.24) is 0 Å². The quantitative estimate of drug-likeness (QED) is 0.511. The Balaban J connectivity index is 2.45. The lowest BCUT2D eigenvalue weighted by Gasteiger charge is -1.92. The van der Waals surface area contributed by atoms with Gasteiger partial charge in [0.2, 0.25) is 0 Å². The molecule has 0 saturated heterocycles. The van der Waals surface area contributed by atoms with Crippen LogP contribution in [0.1, 0.15) is 12.8 Å². The van der Waals surface area contributed by atoms with Gasteiger partial charge in [-0.25, -0.2) is 0 Å². The third-order valence-corrected chi connectivity index (χ3v) is 1.03. The summed E-state index contributed by atoms with van der Waals surface area (Å²) in [4.78, 5) is 0. The van der Waals surface area contributed by atoms with Crippen LogP contribution in [0.5, 0.6) is 0 Å². The first-order valence-corrected chi connectivity index (χ1v) is 3.06. The zero-order valence-corrected chi connectivity index (χ0v) is 5.46. The fourth-order valence-corrected chi connectivity index (χ4v) is 0.553. The molecule has 0 heterocycles. The highest BCUT2D eigenvalue weighted by atomic mass is 32.1. The van der Waals surface area contributed by atoms with E-state index in [1.165, 1.54) is 0 Å². The number of rotatable bonds is 4. The summed E-state index contributed by atoms with van der Waals surface area (Å²) in [6.45, 7) is 0.858. The number of ether oxygens (including phenoxy) is 1. The molecule has 1 radical (unpaired) electrons. The number of hydrogen-bond acceptors (Lipinski definition) is 1. The molecule has 0 atom stereocenters. The van der Waals surface area contributed by atoms with Gasteiger partial charge in [0.05, 0.1) is 0 Å². The molecule has 0 aromatic rings. The summed E-state index contributed by atoms with van der Waals surface area (Å²) < 4.78 is 4.80. The number of unbranched alkanes of at least 4 members (excludes halogenated alkanes) is 1. The normalized spacial score (nSPS) is 9.43. The van der Waals surface area contributed by atoms with Crippen LogP contribution in [0.3, 0.4) is 0 Å². The van der Waals surface area contributed by atoms with Gasteiger partial charge in [-0.2, -0.15) is 0 Å². The van der Waals surface area contributed by atoms with E-state index in [1.54, 1.807) is 7.11 Å². The van der Waals surface area contributed by atoms with Gasteiger partial charge in [0.1, 0.15) is 0 Å². The maximum Gasteiger partial charge on any atom is 0.0462 e. The van der Waals surface area contributed by atoms with Crippen LogP contribution in [0.15, 0.2) is 0 Å². The molecule has 2 heteroatoms. The van der Waals surface area contributed by atoms with Crippen molar-refractivity contribution < 1.29 is 4.74 Å². The fourth-order valence-electron chi connectivity index (χ4n) is 0.348. The van der Waals surface area contributed by atoms with Crippen LogP contribution in [-0.2, 0) is 4.74 Å². The second-order valence-corrected chi connectivity index (χ2v) is 1.81. The maximum absolute atomic E-state index is 4.80. The molecule has 0 saturated carbocycles. The number of hydrogen-bond donors (Lipinski definition) is 0. The molecule has 0 aliphatic rings. The van der Waals surface area contributed by atoms with Gasteiger partial charge in [-0.1, -0.05) is 12.6 Å². The molecular weight excluding hydrogens is 108 g/mol. The van der Waals surface area contributed by atoms with Crippen molar-refractivity contribution in [3.8, 4) is 0 Å². The summed E-state index contributed by atoms with van der Waals surface area (Å²) in [7, 11) is 1.71. The van der Waals surface area contributed by atoms with Gasteiger partial charge in [0.25, 0.3) is 0 Å². The Kier molecular flexibility index (Phi) is 6.59. The summed E-state index contributed by atoms with van der Waals surface area (Å²) in [5, 5.41) is 0. The van der Waals surface area contributed by atoms with Crippen LogP contribution in [0.2, 0.25) is 0 Å². The van der Waals surface area contributed by atoms with Crippen molar-refractivity contribution in [2.24, 2.45) is 0 Å². The van der Waals surface area contributed by atoms with E-state index in [1.807, 2.05) is 0 Å². The molecule has 0 fully saturated rings. The van der Waals surface area contributed by atoms with Crippen LogP contribution in [0, 0.1) is 0 Å². The highest BCUT2D eigenvalue weighted by molar-refractivity contribution is 7.80. The minimum absolute atomic E-state index is 0.858. The van der Waals surface area contributed by atoms with E-state index in [4.69, 9.17) is 17.4 Å². The molecule has 0 unspecified atom stereocenters. The van der Waals surface area contributed by atoms with E-state index in [9.17, 15) is 0 Å². The Morgan fingerprint density at radius 1 is 1.43 bits per heavy atom. The van der Waals surface area contributed by atoms with E-state index in [0.717, 1.165) is 25.2 Å². The van der Waals surface area contributed by atoms with Gasteiger partial charge < -0.3 is 4.74 Å². The van der Waals surface area contributed by atoms with Crippen molar-refractivity contribution in [1.29, 1.82) is 0 Å². The molecule has 7 heavy (non-hydrogen) atoms. The lowest BCUT2D eigenvalue weighted by molar-refractivity contribution is 0.194. The maximum atomic E-state index is 4.80. The molecule has 0 aromatic carbocycles. The van der Waals surface area contributed by atoms with Gasteiger partial charge in [0.15, 0.2) is 0 Å². The Bertz CT molecular complexity index is 27.3. The predicted molar refractivity (Wildman–Crippen MR) is 33.6 cm³/mol. The monoisotopic (exact) mass is 119 g/mol. The Hall–Kier alpha value is 0.310. The summed E-state index contributed by atoms with van der Waals surface area (Å²) in [5.41, 5.74) is 0. The largest absolute Gasteiger partial charge is 0.385 e. The predicted octanol–water partition coefficient (Wildman–Crippen LogP) is 1.61. The van der Waals surface area contributed by atoms with Crippen molar-refractivity contribution in [2.45, 2.75) is 12.8 Å². The molecule has 0 aromatic heterocycles. The third kappa shape index (κ3) is 6.31. The Morgan fingerprint density at radius 2 is 2.14 bits per heavy atom. The lowest BCUT2D eigenvalue weighted by Crippen LogP contribution is -1.87. The summed E-state index contributed by atoms with van der Waals surface area (Å²) >= 11 is 4.71. The minimum atomic E-state index is 0.858. The fraction of sp³-hybridized carbons (Fsp3) is 1.00. The molecule has 0 spiro atoms. The Morgan fingerprint density at radius 3 is 2.57 bits per heavy atom. The zero-order valence-electron chi connectivity index (χ0n) is 4.64. The highest BCUT2D eigenvalue weighted by Gasteiger charge is 1.80. The lowest BCUT2D eigenvalue weighted by atomic mass is 10.4. The smallest absolute Gasteiger partial charge is 0.0462 e. The molecular formula is C5H11OS.